The lowest BCUT2D eigenvalue weighted by molar-refractivity contribution is -0.130. The van der Waals surface area contributed by atoms with Crippen LogP contribution in [0.4, 0.5) is 0 Å². The predicted octanol–water partition coefficient (Wildman–Crippen LogP) is -0.120. The summed E-state index contributed by atoms with van der Waals surface area (Å²) in [6, 6.07) is 0. The van der Waals surface area contributed by atoms with E-state index in [9.17, 15) is 4.79 Å². The first-order valence-electron chi connectivity index (χ1n) is 7.46. The first-order valence-corrected chi connectivity index (χ1v) is 7.46. The highest BCUT2D eigenvalue weighted by atomic mass is 16.2. The van der Waals surface area contributed by atoms with Gasteiger partial charge in [-0.05, 0) is 45.3 Å². The zero-order valence-electron chi connectivity index (χ0n) is 14.9. The maximum absolute atomic E-state index is 12.0. The molecule has 8 heteroatoms. The quantitative estimate of drug-likeness (QED) is 0.699. The molecule has 0 aliphatic carbocycles. The standard InChI is InChI=1S/C14H29N7O/c1-14(2,3)21-12(15-16-17-21)10-20(9-8-18(4)5)11-13(22)19(6)7/h8-11H2,1-7H3. The first-order chi connectivity index (χ1) is 10.1. The van der Waals surface area contributed by atoms with Crippen molar-refractivity contribution >= 4 is 5.91 Å². The summed E-state index contributed by atoms with van der Waals surface area (Å²) in [5.41, 5.74) is -0.183. The molecule has 0 saturated carbocycles. The number of carbonyl (C=O) groups excluding carboxylic acids is 1. The fourth-order valence-corrected chi connectivity index (χ4v) is 1.91. The average molecular weight is 311 g/mol. The summed E-state index contributed by atoms with van der Waals surface area (Å²) in [4.78, 5) is 17.8. The number of hydrogen-bond acceptors (Lipinski definition) is 6. The Balaban J connectivity index is 2.84. The van der Waals surface area contributed by atoms with Crippen LogP contribution in [0.1, 0.15) is 26.6 Å². The molecule has 0 atom stereocenters. The summed E-state index contributed by atoms with van der Waals surface area (Å²) in [5, 5.41) is 12.0. The number of aromatic nitrogens is 4. The van der Waals surface area contributed by atoms with Gasteiger partial charge in [0, 0.05) is 27.2 Å². The molecule has 1 aromatic rings. The largest absolute Gasteiger partial charge is 0.348 e. The van der Waals surface area contributed by atoms with E-state index in [1.165, 1.54) is 0 Å². The molecule has 0 aliphatic rings. The van der Waals surface area contributed by atoms with E-state index >= 15 is 0 Å². The van der Waals surface area contributed by atoms with E-state index < -0.39 is 0 Å². The van der Waals surface area contributed by atoms with Crippen LogP contribution < -0.4 is 0 Å². The lowest BCUT2D eigenvalue weighted by Crippen LogP contribution is -2.40. The molecule has 0 aromatic carbocycles. The second-order valence-electron chi connectivity index (χ2n) is 6.98. The summed E-state index contributed by atoms with van der Waals surface area (Å²) in [6.45, 7) is 8.74. The van der Waals surface area contributed by atoms with E-state index in [4.69, 9.17) is 0 Å². The van der Waals surface area contributed by atoms with Crippen LogP contribution in [0.2, 0.25) is 0 Å². The van der Waals surface area contributed by atoms with E-state index in [0.717, 1.165) is 18.9 Å². The van der Waals surface area contributed by atoms with Gasteiger partial charge in [-0.2, -0.15) is 0 Å². The van der Waals surface area contributed by atoms with Crippen molar-refractivity contribution in [3.8, 4) is 0 Å². The molecule has 0 N–H and O–H groups in total. The minimum absolute atomic E-state index is 0.0774. The van der Waals surface area contributed by atoms with Crippen molar-refractivity contribution in [2.75, 3.05) is 47.8 Å². The van der Waals surface area contributed by atoms with Gasteiger partial charge in [-0.15, -0.1) is 5.10 Å². The van der Waals surface area contributed by atoms with E-state index in [2.05, 4.69) is 46.1 Å². The van der Waals surface area contributed by atoms with Crippen LogP contribution in [0.3, 0.4) is 0 Å². The number of tetrazole rings is 1. The Hall–Kier alpha value is -1.54. The van der Waals surface area contributed by atoms with Gasteiger partial charge >= 0.3 is 0 Å². The van der Waals surface area contributed by atoms with Gasteiger partial charge in [-0.25, -0.2) is 4.68 Å². The molecule has 1 rings (SSSR count). The molecule has 0 unspecified atom stereocenters. The van der Waals surface area contributed by atoms with Crippen LogP contribution in [0, 0.1) is 0 Å². The molecule has 0 radical (unpaired) electrons. The van der Waals surface area contributed by atoms with E-state index in [1.807, 2.05) is 18.8 Å². The van der Waals surface area contributed by atoms with Crippen molar-refractivity contribution in [2.24, 2.45) is 0 Å². The molecule has 0 saturated heterocycles. The van der Waals surface area contributed by atoms with Crippen molar-refractivity contribution in [2.45, 2.75) is 32.9 Å². The molecular formula is C14H29N7O. The smallest absolute Gasteiger partial charge is 0.236 e. The maximum Gasteiger partial charge on any atom is 0.236 e. The molecule has 1 amide bonds. The minimum Gasteiger partial charge on any atom is -0.348 e. The highest BCUT2D eigenvalue weighted by Crippen LogP contribution is 2.14. The molecule has 8 nitrogen and oxygen atoms in total. The molecule has 0 spiro atoms. The number of likely N-dealkylation sites (N-methyl/N-ethyl adjacent to an activating group) is 2. The highest BCUT2D eigenvalue weighted by molar-refractivity contribution is 5.77. The van der Waals surface area contributed by atoms with E-state index in [1.54, 1.807) is 19.0 Å². The molecule has 22 heavy (non-hydrogen) atoms. The van der Waals surface area contributed by atoms with Gasteiger partial charge in [0.05, 0.1) is 18.6 Å². The second-order valence-corrected chi connectivity index (χ2v) is 6.98. The van der Waals surface area contributed by atoms with Gasteiger partial charge in [0.1, 0.15) is 0 Å². The van der Waals surface area contributed by atoms with Gasteiger partial charge in [-0.1, -0.05) is 0 Å². The van der Waals surface area contributed by atoms with Gasteiger partial charge in [0.25, 0.3) is 0 Å². The van der Waals surface area contributed by atoms with Gasteiger partial charge in [-0.3, -0.25) is 9.69 Å². The summed E-state index contributed by atoms with van der Waals surface area (Å²) < 4.78 is 1.82. The normalized spacial score (nSPS) is 12.2. The van der Waals surface area contributed by atoms with Crippen LogP contribution in [0.25, 0.3) is 0 Å². The Bertz CT molecular complexity index is 476. The number of rotatable bonds is 7. The fourth-order valence-electron chi connectivity index (χ4n) is 1.91. The maximum atomic E-state index is 12.0. The molecule has 0 fully saturated rings. The van der Waals surface area contributed by atoms with Crippen molar-refractivity contribution in [1.29, 1.82) is 0 Å². The SMILES string of the molecule is CN(C)CCN(CC(=O)N(C)C)Cc1nnnn1C(C)(C)C. The predicted molar refractivity (Wildman–Crippen MR) is 85.3 cm³/mol. The lowest BCUT2D eigenvalue weighted by Gasteiger charge is -2.26. The van der Waals surface area contributed by atoms with Crippen molar-refractivity contribution in [3.05, 3.63) is 5.82 Å². The third-order valence-corrected chi connectivity index (χ3v) is 3.26. The van der Waals surface area contributed by atoms with Gasteiger partial charge in [0.15, 0.2) is 5.82 Å². The summed E-state index contributed by atoms with van der Waals surface area (Å²) >= 11 is 0. The third-order valence-electron chi connectivity index (χ3n) is 3.26. The minimum atomic E-state index is -0.183. The molecular weight excluding hydrogens is 282 g/mol. The average Bonchev–Trinajstić information content (AvgIpc) is 2.83. The fraction of sp³-hybridized carbons (Fsp3) is 0.857. The summed E-state index contributed by atoms with van der Waals surface area (Å²) in [6.07, 6.45) is 0. The van der Waals surface area contributed by atoms with Crippen LogP contribution >= 0.6 is 0 Å². The number of nitrogens with zero attached hydrogens (tertiary/aromatic N) is 7. The van der Waals surface area contributed by atoms with Crippen molar-refractivity contribution in [1.82, 2.24) is 34.9 Å². The van der Waals surface area contributed by atoms with Gasteiger partial charge in [0.2, 0.25) is 5.91 Å². The molecule has 1 heterocycles. The van der Waals surface area contributed by atoms with Crippen molar-refractivity contribution < 1.29 is 4.79 Å². The third kappa shape index (κ3) is 5.69. The summed E-state index contributed by atoms with van der Waals surface area (Å²) in [7, 11) is 7.58. The number of hydrogen-bond donors (Lipinski definition) is 0. The summed E-state index contributed by atoms with van der Waals surface area (Å²) in [5.74, 6) is 0.853. The van der Waals surface area contributed by atoms with E-state index in [-0.39, 0.29) is 11.4 Å². The van der Waals surface area contributed by atoms with Crippen LogP contribution in [0.15, 0.2) is 0 Å². The van der Waals surface area contributed by atoms with Crippen LogP contribution in [0.5, 0.6) is 0 Å². The molecule has 0 aliphatic heterocycles. The van der Waals surface area contributed by atoms with Gasteiger partial charge < -0.3 is 9.80 Å². The highest BCUT2D eigenvalue weighted by Gasteiger charge is 2.22. The lowest BCUT2D eigenvalue weighted by atomic mass is 10.1. The van der Waals surface area contributed by atoms with Crippen LogP contribution in [-0.2, 0) is 16.9 Å². The Morgan fingerprint density at radius 3 is 2.27 bits per heavy atom. The zero-order valence-corrected chi connectivity index (χ0v) is 14.9. The number of amides is 1. The van der Waals surface area contributed by atoms with Crippen molar-refractivity contribution in [3.63, 3.8) is 0 Å². The Labute approximate surface area is 133 Å². The van der Waals surface area contributed by atoms with E-state index in [0.29, 0.717) is 13.1 Å². The molecule has 0 bridgehead atoms. The van der Waals surface area contributed by atoms with Crippen LogP contribution in [-0.4, -0.2) is 88.6 Å². The Kier molecular flexibility index (Phi) is 6.43. The Morgan fingerprint density at radius 1 is 1.14 bits per heavy atom. The Morgan fingerprint density at radius 2 is 1.77 bits per heavy atom. The molecule has 126 valence electrons. The first kappa shape index (κ1) is 18.5. The number of carbonyl (C=O) groups is 1. The monoisotopic (exact) mass is 311 g/mol. The molecule has 1 aromatic heterocycles. The zero-order chi connectivity index (χ0) is 16.9. The second kappa shape index (κ2) is 7.64. The topological polar surface area (TPSA) is 70.4 Å².